The maximum atomic E-state index is 12.2. The molecule has 3 heterocycles. The van der Waals surface area contributed by atoms with E-state index in [4.69, 9.17) is 8.85 Å². The van der Waals surface area contributed by atoms with E-state index in [2.05, 4.69) is 4.98 Å². The summed E-state index contributed by atoms with van der Waals surface area (Å²) in [5, 5.41) is 0. The number of thiazole rings is 1. The third-order valence-corrected chi connectivity index (χ3v) is 6.75. The number of carbonyl (C=O) groups excluding carboxylic acids is 1. The SMILES string of the molecule is [2H]C([2H])([2H])n1c(=O)sc2cc(-c3cncc4c3CC[C@@]3(COC(=O)N3C)C4)ccc21. The van der Waals surface area contributed by atoms with E-state index in [0.29, 0.717) is 23.2 Å². The molecule has 0 unspecified atom stereocenters. The minimum atomic E-state index is -2.51. The van der Waals surface area contributed by atoms with Gasteiger partial charge in [0.15, 0.2) is 0 Å². The van der Waals surface area contributed by atoms with Gasteiger partial charge in [0, 0.05) is 42.5 Å². The molecule has 1 aliphatic carbocycles. The molecule has 7 heteroatoms. The monoisotopic (exact) mass is 384 g/mol. The topological polar surface area (TPSA) is 64.4 Å². The number of hydrogen-bond acceptors (Lipinski definition) is 5. The number of amides is 1. The number of fused-ring (bicyclic) bond motifs is 2. The molecule has 1 aliphatic heterocycles. The zero-order chi connectivity index (χ0) is 21.3. The first kappa shape index (κ1) is 13.5. The average molecular weight is 384 g/mol. The van der Waals surface area contributed by atoms with Gasteiger partial charge in [-0.1, -0.05) is 17.4 Å². The quantitative estimate of drug-likeness (QED) is 0.647. The number of carbonyl (C=O) groups is 1. The predicted molar refractivity (Wildman–Crippen MR) is 104 cm³/mol. The molecule has 2 aliphatic rings. The van der Waals surface area contributed by atoms with Crippen LogP contribution in [0.1, 0.15) is 21.7 Å². The molecule has 0 radical (unpaired) electrons. The van der Waals surface area contributed by atoms with Crippen molar-refractivity contribution in [3.63, 3.8) is 0 Å². The normalized spacial score (nSPS) is 23.8. The lowest BCUT2D eigenvalue weighted by Gasteiger charge is -2.37. The second-order valence-corrected chi connectivity index (χ2v) is 8.22. The first-order valence-electron chi connectivity index (χ1n) is 10.2. The Balaban J connectivity index is 1.58. The van der Waals surface area contributed by atoms with E-state index in [1.165, 1.54) is 5.56 Å². The van der Waals surface area contributed by atoms with Gasteiger partial charge in [-0.25, -0.2) is 4.79 Å². The van der Waals surface area contributed by atoms with Gasteiger partial charge in [0.1, 0.15) is 6.61 Å². The fourth-order valence-corrected chi connectivity index (χ4v) is 5.03. The number of pyridine rings is 1. The summed E-state index contributed by atoms with van der Waals surface area (Å²) in [6.45, 7) is -2.12. The van der Waals surface area contributed by atoms with Crippen LogP contribution in [0.3, 0.4) is 0 Å². The van der Waals surface area contributed by atoms with E-state index >= 15 is 0 Å². The van der Waals surface area contributed by atoms with Crippen molar-refractivity contribution in [3.8, 4) is 11.1 Å². The largest absolute Gasteiger partial charge is 0.447 e. The zero-order valence-electron chi connectivity index (χ0n) is 17.7. The third kappa shape index (κ3) is 2.34. The van der Waals surface area contributed by atoms with Gasteiger partial charge in [-0.2, -0.15) is 0 Å². The molecule has 138 valence electrons. The highest BCUT2D eigenvalue weighted by atomic mass is 32.1. The zero-order valence-corrected chi connectivity index (χ0v) is 15.5. The van der Waals surface area contributed by atoms with Crippen molar-refractivity contribution < 1.29 is 13.6 Å². The maximum absolute atomic E-state index is 12.2. The lowest BCUT2D eigenvalue weighted by Crippen LogP contribution is -2.49. The number of nitrogens with zero attached hydrogens (tertiary/aromatic N) is 3. The minimum absolute atomic E-state index is 0.290. The van der Waals surface area contributed by atoms with Crippen LogP contribution in [-0.4, -0.2) is 39.7 Å². The Morgan fingerprint density at radius 3 is 3.00 bits per heavy atom. The highest BCUT2D eigenvalue weighted by Crippen LogP contribution is 2.40. The van der Waals surface area contributed by atoms with E-state index in [0.717, 1.165) is 45.4 Å². The number of cyclic esters (lactones) is 1. The molecule has 27 heavy (non-hydrogen) atoms. The molecule has 0 saturated carbocycles. The van der Waals surface area contributed by atoms with E-state index in [1.54, 1.807) is 18.0 Å². The number of ether oxygens (including phenoxy) is 1. The van der Waals surface area contributed by atoms with E-state index in [-0.39, 0.29) is 11.6 Å². The van der Waals surface area contributed by atoms with Crippen LogP contribution >= 0.6 is 11.3 Å². The van der Waals surface area contributed by atoms with Crippen molar-refractivity contribution in [2.24, 2.45) is 6.98 Å². The molecule has 0 bridgehead atoms. The number of hydrogen-bond donors (Lipinski definition) is 0. The summed E-state index contributed by atoms with van der Waals surface area (Å²) < 4.78 is 29.6. The summed E-state index contributed by atoms with van der Waals surface area (Å²) >= 11 is 0.934. The van der Waals surface area contributed by atoms with Gasteiger partial charge in [-0.05, 0) is 41.7 Å². The fourth-order valence-electron chi connectivity index (χ4n) is 4.21. The highest BCUT2D eigenvalue weighted by Gasteiger charge is 2.47. The maximum Gasteiger partial charge on any atom is 0.410 e. The molecule has 1 atom stereocenters. The lowest BCUT2D eigenvalue weighted by atomic mass is 9.76. The van der Waals surface area contributed by atoms with Crippen molar-refractivity contribution in [2.45, 2.75) is 24.8 Å². The van der Waals surface area contributed by atoms with Gasteiger partial charge >= 0.3 is 11.0 Å². The molecule has 5 rings (SSSR count). The summed E-state index contributed by atoms with van der Waals surface area (Å²) in [6.07, 6.45) is 5.61. The molecule has 3 aromatic rings. The molecule has 1 amide bonds. The first-order valence-corrected chi connectivity index (χ1v) is 9.54. The Kier molecular flexibility index (Phi) is 2.83. The second-order valence-electron chi connectivity index (χ2n) is 7.23. The minimum Gasteiger partial charge on any atom is -0.447 e. The van der Waals surface area contributed by atoms with Crippen LogP contribution in [0.5, 0.6) is 0 Å². The summed E-state index contributed by atoms with van der Waals surface area (Å²) in [7, 11) is 1.78. The van der Waals surface area contributed by atoms with Crippen molar-refractivity contribution >= 4 is 27.6 Å². The lowest BCUT2D eigenvalue weighted by molar-refractivity contribution is 0.160. The molecule has 1 spiro atoms. The van der Waals surface area contributed by atoms with Gasteiger partial charge < -0.3 is 14.2 Å². The van der Waals surface area contributed by atoms with Crippen LogP contribution in [0.25, 0.3) is 21.3 Å². The number of likely N-dealkylation sites (N-methyl/N-ethyl adjacent to an activating group) is 1. The van der Waals surface area contributed by atoms with Crippen LogP contribution in [0.4, 0.5) is 4.79 Å². The van der Waals surface area contributed by atoms with Crippen LogP contribution < -0.4 is 4.87 Å². The number of benzene rings is 1. The Bertz CT molecular complexity index is 1250. The van der Waals surface area contributed by atoms with Crippen LogP contribution in [0.2, 0.25) is 0 Å². The van der Waals surface area contributed by atoms with Gasteiger partial charge in [0.05, 0.1) is 15.8 Å². The molecule has 1 fully saturated rings. The summed E-state index contributed by atoms with van der Waals surface area (Å²) in [5.41, 5.74) is 4.20. The fraction of sp³-hybridized carbons (Fsp3) is 0.350. The Morgan fingerprint density at radius 2 is 2.22 bits per heavy atom. The first-order chi connectivity index (χ1) is 14.2. The number of aryl methyl sites for hydroxylation is 1. The van der Waals surface area contributed by atoms with Crippen LogP contribution in [0, 0.1) is 0 Å². The van der Waals surface area contributed by atoms with Crippen LogP contribution in [0.15, 0.2) is 35.4 Å². The Hall–Kier alpha value is -2.67. The predicted octanol–water partition coefficient (Wildman–Crippen LogP) is 2.97. The number of rotatable bonds is 1. The molecule has 1 aromatic carbocycles. The number of aromatic nitrogens is 2. The standard InChI is InChI=1S/C20H19N3O3S/c1-22-16-4-3-12(7-17(16)27-19(22)25)15-10-21-9-13-8-20(6-5-14(13)15)11-26-18(24)23(20)2/h3-4,7,9-10H,5-6,8,11H2,1-2H3/t20-/m0/s1/i1D3. The van der Waals surface area contributed by atoms with E-state index < -0.39 is 11.8 Å². The second kappa shape index (κ2) is 5.66. The smallest absolute Gasteiger partial charge is 0.410 e. The Labute approximate surface area is 164 Å². The highest BCUT2D eigenvalue weighted by molar-refractivity contribution is 7.16. The van der Waals surface area contributed by atoms with Gasteiger partial charge in [0.25, 0.3) is 0 Å². The average Bonchev–Trinajstić information content (AvgIpc) is 3.18. The summed E-state index contributed by atoms with van der Waals surface area (Å²) in [5.74, 6) is 0. The molecule has 0 N–H and O–H groups in total. The van der Waals surface area contributed by atoms with Crippen LogP contribution in [-0.2, 0) is 24.6 Å². The van der Waals surface area contributed by atoms with Gasteiger partial charge in [0.2, 0.25) is 0 Å². The molecule has 6 nitrogen and oxygen atoms in total. The van der Waals surface area contributed by atoms with Gasteiger partial charge in [-0.3, -0.25) is 9.78 Å². The molecule has 2 aromatic heterocycles. The van der Waals surface area contributed by atoms with Crippen molar-refractivity contribution in [2.75, 3.05) is 13.7 Å². The summed E-state index contributed by atoms with van der Waals surface area (Å²) in [4.78, 5) is 29.7. The van der Waals surface area contributed by atoms with E-state index in [1.807, 2.05) is 24.5 Å². The van der Waals surface area contributed by atoms with Crippen molar-refractivity contribution in [3.05, 3.63) is 51.4 Å². The van der Waals surface area contributed by atoms with Gasteiger partial charge in [-0.15, -0.1) is 0 Å². The van der Waals surface area contributed by atoms with Crippen molar-refractivity contribution in [1.82, 2.24) is 14.5 Å². The van der Waals surface area contributed by atoms with E-state index in [9.17, 15) is 9.59 Å². The molecule has 1 saturated heterocycles. The van der Waals surface area contributed by atoms with Crippen molar-refractivity contribution in [1.29, 1.82) is 0 Å². The Morgan fingerprint density at radius 1 is 1.33 bits per heavy atom. The molecular weight excluding hydrogens is 362 g/mol. The molecular formula is C20H19N3O3S. The summed E-state index contributed by atoms with van der Waals surface area (Å²) in [6, 6.07) is 5.39. The third-order valence-electron chi connectivity index (χ3n) is 5.85.